The third-order valence-corrected chi connectivity index (χ3v) is 5.16. The largest absolute Gasteiger partial charge is 0.381 e. The highest BCUT2D eigenvalue weighted by molar-refractivity contribution is 9.10. The number of halogens is 1. The van der Waals surface area contributed by atoms with Crippen molar-refractivity contribution < 1.29 is 4.74 Å². The van der Waals surface area contributed by atoms with E-state index in [1.165, 1.54) is 5.56 Å². The van der Waals surface area contributed by atoms with Crippen LogP contribution in [-0.2, 0) is 11.2 Å². The van der Waals surface area contributed by atoms with Gasteiger partial charge in [0, 0.05) is 44.2 Å². The summed E-state index contributed by atoms with van der Waals surface area (Å²) >= 11 is 3.56. The Hall–Kier alpha value is -1.07. The number of nitrogens with one attached hydrogen (secondary N) is 1. The van der Waals surface area contributed by atoms with Crippen molar-refractivity contribution in [2.24, 2.45) is 16.8 Å². The second-order valence-corrected chi connectivity index (χ2v) is 7.56. The maximum Gasteiger partial charge on any atom is 0.193 e. The quantitative estimate of drug-likeness (QED) is 0.566. The first-order valence-corrected chi connectivity index (χ1v) is 9.65. The van der Waals surface area contributed by atoms with Gasteiger partial charge < -0.3 is 15.0 Å². The van der Waals surface area contributed by atoms with E-state index < -0.39 is 0 Å². The third kappa shape index (κ3) is 6.10. The molecule has 1 fully saturated rings. The fourth-order valence-electron chi connectivity index (χ4n) is 3.18. The van der Waals surface area contributed by atoms with E-state index in [4.69, 9.17) is 4.74 Å². The molecule has 0 bridgehead atoms. The van der Waals surface area contributed by atoms with Crippen molar-refractivity contribution in [1.29, 1.82) is 0 Å². The minimum absolute atomic E-state index is 0.597. The van der Waals surface area contributed by atoms with Crippen LogP contribution in [0, 0.1) is 11.8 Å². The highest BCUT2D eigenvalue weighted by Crippen LogP contribution is 2.17. The molecule has 2 atom stereocenters. The zero-order chi connectivity index (χ0) is 17.4. The first kappa shape index (κ1) is 19.3. The highest BCUT2D eigenvalue weighted by Gasteiger charge is 2.19. The number of hydrogen-bond acceptors (Lipinski definition) is 2. The summed E-state index contributed by atoms with van der Waals surface area (Å²) in [5, 5.41) is 3.55. The van der Waals surface area contributed by atoms with Gasteiger partial charge in [0.25, 0.3) is 0 Å². The molecule has 1 aliphatic rings. The van der Waals surface area contributed by atoms with Crippen LogP contribution in [0.5, 0.6) is 0 Å². The fourth-order valence-corrected chi connectivity index (χ4v) is 3.63. The average Bonchev–Trinajstić information content (AvgIpc) is 3.07. The van der Waals surface area contributed by atoms with Crippen LogP contribution in [0.1, 0.15) is 25.3 Å². The molecule has 1 aliphatic heterocycles. The van der Waals surface area contributed by atoms with Crippen LogP contribution in [0.3, 0.4) is 0 Å². The summed E-state index contributed by atoms with van der Waals surface area (Å²) in [5.41, 5.74) is 1.38. The molecule has 1 aromatic carbocycles. The summed E-state index contributed by atoms with van der Waals surface area (Å²) in [6.07, 6.45) is 3.39. The predicted octanol–water partition coefficient (Wildman–Crippen LogP) is 3.56. The molecule has 5 heteroatoms. The first-order valence-electron chi connectivity index (χ1n) is 8.86. The van der Waals surface area contributed by atoms with E-state index in [0.717, 1.165) is 56.0 Å². The van der Waals surface area contributed by atoms with E-state index in [2.05, 4.69) is 69.4 Å². The molecule has 0 amide bonds. The number of aliphatic imine (C=N–C) groups is 1. The molecule has 2 rings (SSSR count). The lowest BCUT2D eigenvalue weighted by Gasteiger charge is -2.26. The van der Waals surface area contributed by atoms with Gasteiger partial charge >= 0.3 is 0 Å². The summed E-state index contributed by atoms with van der Waals surface area (Å²) in [5.74, 6) is 2.20. The van der Waals surface area contributed by atoms with Gasteiger partial charge in [-0.25, -0.2) is 0 Å². The van der Waals surface area contributed by atoms with E-state index in [0.29, 0.717) is 11.8 Å². The molecule has 0 aliphatic carbocycles. The maximum absolute atomic E-state index is 5.47. The van der Waals surface area contributed by atoms with E-state index in [-0.39, 0.29) is 0 Å². The van der Waals surface area contributed by atoms with Crippen molar-refractivity contribution in [3.05, 3.63) is 34.3 Å². The van der Waals surface area contributed by atoms with E-state index in [9.17, 15) is 0 Å². The summed E-state index contributed by atoms with van der Waals surface area (Å²) in [7, 11) is 3.97. The lowest BCUT2D eigenvalue weighted by molar-refractivity contribution is 0.181. The van der Waals surface area contributed by atoms with Gasteiger partial charge in [-0.3, -0.25) is 4.99 Å². The number of rotatable bonds is 7. The number of nitrogens with zero attached hydrogens (tertiary/aromatic N) is 2. The second-order valence-electron chi connectivity index (χ2n) is 6.65. The summed E-state index contributed by atoms with van der Waals surface area (Å²) in [6.45, 7) is 5.98. The number of hydrogen-bond donors (Lipinski definition) is 1. The smallest absolute Gasteiger partial charge is 0.193 e. The van der Waals surface area contributed by atoms with Crippen molar-refractivity contribution in [3.63, 3.8) is 0 Å². The van der Waals surface area contributed by atoms with Crippen LogP contribution in [-0.4, -0.2) is 51.3 Å². The van der Waals surface area contributed by atoms with Crippen LogP contribution in [0.15, 0.2) is 33.7 Å². The normalized spacial score (nSPS) is 19.3. The molecular formula is C19H30BrN3O. The van der Waals surface area contributed by atoms with E-state index in [1.807, 2.05) is 7.05 Å². The topological polar surface area (TPSA) is 36.9 Å². The predicted molar refractivity (Wildman–Crippen MR) is 105 cm³/mol. The Morgan fingerprint density at radius 1 is 1.50 bits per heavy atom. The molecule has 0 radical (unpaired) electrons. The Kier molecular flexibility index (Phi) is 8.06. The number of benzene rings is 1. The highest BCUT2D eigenvalue weighted by atomic mass is 79.9. The van der Waals surface area contributed by atoms with Gasteiger partial charge in [0.15, 0.2) is 5.96 Å². The second kappa shape index (κ2) is 10.0. The van der Waals surface area contributed by atoms with Crippen LogP contribution < -0.4 is 5.32 Å². The van der Waals surface area contributed by atoms with Gasteiger partial charge in [0.2, 0.25) is 0 Å². The van der Waals surface area contributed by atoms with Crippen molar-refractivity contribution in [1.82, 2.24) is 10.2 Å². The molecule has 0 aromatic heterocycles. The van der Waals surface area contributed by atoms with Crippen molar-refractivity contribution in [3.8, 4) is 0 Å². The van der Waals surface area contributed by atoms with Gasteiger partial charge in [-0.2, -0.15) is 0 Å². The van der Waals surface area contributed by atoms with Gasteiger partial charge in [0.1, 0.15) is 0 Å². The van der Waals surface area contributed by atoms with Gasteiger partial charge in [-0.1, -0.05) is 41.4 Å². The monoisotopic (exact) mass is 395 g/mol. The van der Waals surface area contributed by atoms with Crippen molar-refractivity contribution >= 4 is 21.9 Å². The minimum atomic E-state index is 0.597. The lowest BCUT2D eigenvalue weighted by Crippen LogP contribution is -2.43. The Morgan fingerprint density at radius 3 is 2.96 bits per heavy atom. The number of ether oxygens (including phenoxy) is 1. The zero-order valence-corrected chi connectivity index (χ0v) is 16.7. The molecule has 0 saturated carbocycles. The molecule has 0 spiro atoms. The molecule has 2 unspecified atom stereocenters. The Morgan fingerprint density at radius 2 is 2.33 bits per heavy atom. The standard InChI is InChI=1S/C19H30BrN3O/c1-4-15(10-16-6-5-7-18(20)11-16)12-22-19(21-2)23(3)13-17-8-9-24-14-17/h5-7,11,15,17H,4,8-10,12-14H2,1-3H3,(H,21,22). The van der Waals surface area contributed by atoms with Gasteiger partial charge in [-0.05, 0) is 36.5 Å². The maximum atomic E-state index is 5.47. The molecule has 1 heterocycles. The Labute approximate surface area is 154 Å². The van der Waals surface area contributed by atoms with Crippen LogP contribution in [0.4, 0.5) is 0 Å². The summed E-state index contributed by atoms with van der Waals surface area (Å²) in [6, 6.07) is 8.60. The Balaban J connectivity index is 1.83. The van der Waals surface area contributed by atoms with Crippen molar-refractivity contribution in [2.45, 2.75) is 26.2 Å². The molecular weight excluding hydrogens is 366 g/mol. The van der Waals surface area contributed by atoms with E-state index >= 15 is 0 Å². The van der Waals surface area contributed by atoms with Crippen LogP contribution >= 0.6 is 15.9 Å². The zero-order valence-electron chi connectivity index (χ0n) is 15.1. The molecule has 134 valence electrons. The van der Waals surface area contributed by atoms with Crippen LogP contribution in [0.2, 0.25) is 0 Å². The third-order valence-electron chi connectivity index (χ3n) is 4.67. The first-order chi connectivity index (χ1) is 11.6. The van der Waals surface area contributed by atoms with Gasteiger partial charge in [-0.15, -0.1) is 0 Å². The van der Waals surface area contributed by atoms with E-state index in [1.54, 1.807) is 0 Å². The van der Waals surface area contributed by atoms with Gasteiger partial charge in [0.05, 0.1) is 6.61 Å². The SMILES string of the molecule is CCC(CNC(=NC)N(C)CC1CCOC1)Cc1cccc(Br)c1. The molecule has 1 saturated heterocycles. The molecule has 4 nitrogen and oxygen atoms in total. The summed E-state index contributed by atoms with van der Waals surface area (Å²) in [4.78, 5) is 6.67. The molecule has 24 heavy (non-hydrogen) atoms. The summed E-state index contributed by atoms with van der Waals surface area (Å²) < 4.78 is 6.62. The van der Waals surface area contributed by atoms with Crippen LogP contribution in [0.25, 0.3) is 0 Å². The fraction of sp³-hybridized carbons (Fsp3) is 0.632. The minimum Gasteiger partial charge on any atom is -0.381 e. The number of guanidine groups is 1. The molecule has 1 aromatic rings. The van der Waals surface area contributed by atoms with Crippen molar-refractivity contribution in [2.75, 3.05) is 40.4 Å². The lowest BCUT2D eigenvalue weighted by atomic mass is 9.97. The average molecular weight is 396 g/mol. The molecule has 1 N–H and O–H groups in total. The Bertz CT molecular complexity index is 529.